The van der Waals surface area contributed by atoms with Crippen LogP contribution in [0.5, 0.6) is 0 Å². The lowest BCUT2D eigenvalue weighted by Gasteiger charge is -2.29. The molecule has 4 nitrogen and oxygen atoms in total. The summed E-state index contributed by atoms with van der Waals surface area (Å²) in [7, 11) is 0. The number of hydrogen-bond acceptors (Lipinski definition) is 2. The zero-order chi connectivity index (χ0) is 14.5. The first kappa shape index (κ1) is 14.6. The van der Waals surface area contributed by atoms with Crippen LogP contribution in [0.25, 0.3) is 6.08 Å². The fourth-order valence-corrected chi connectivity index (χ4v) is 2.35. The highest BCUT2D eigenvalue weighted by molar-refractivity contribution is 6.30. The molecule has 106 valence electrons. The molecule has 1 unspecified atom stereocenters. The van der Waals surface area contributed by atoms with Crippen LogP contribution < -0.4 is 0 Å². The van der Waals surface area contributed by atoms with Crippen LogP contribution in [0, 0.1) is 5.92 Å². The number of carboxylic acid groups (broad SMARTS) is 1. The topological polar surface area (TPSA) is 57.6 Å². The third kappa shape index (κ3) is 3.84. The van der Waals surface area contributed by atoms with Gasteiger partial charge in [-0.25, -0.2) is 0 Å². The Hall–Kier alpha value is -1.81. The van der Waals surface area contributed by atoms with Crippen molar-refractivity contribution >= 4 is 29.6 Å². The highest BCUT2D eigenvalue weighted by atomic mass is 35.5. The minimum absolute atomic E-state index is 0.147. The zero-order valence-electron chi connectivity index (χ0n) is 11.0. The van der Waals surface area contributed by atoms with Gasteiger partial charge in [-0.05, 0) is 36.6 Å². The Balaban J connectivity index is 1.97. The number of carbonyl (C=O) groups excluding carboxylic acids is 1. The van der Waals surface area contributed by atoms with Gasteiger partial charge in [-0.2, -0.15) is 0 Å². The van der Waals surface area contributed by atoms with Gasteiger partial charge in [-0.1, -0.05) is 23.7 Å². The Morgan fingerprint density at radius 3 is 2.65 bits per heavy atom. The Labute approximate surface area is 122 Å². The maximum absolute atomic E-state index is 12.0. The Kier molecular flexibility index (Phi) is 4.79. The van der Waals surface area contributed by atoms with E-state index in [-0.39, 0.29) is 5.91 Å². The summed E-state index contributed by atoms with van der Waals surface area (Å²) >= 11 is 5.79. The first-order chi connectivity index (χ1) is 9.56. The molecule has 1 aliphatic heterocycles. The van der Waals surface area contributed by atoms with Crippen LogP contribution in [-0.4, -0.2) is 35.0 Å². The summed E-state index contributed by atoms with van der Waals surface area (Å²) in [5, 5.41) is 9.65. The molecule has 1 aliphatic rings. The molecule has 0 spiro atoms. The average molecular weight is 294 g/mol. The number of piperidine rings is 1. The number of benzene rings is 1. The van der Waals surface area contributed by atoms with Crippen molar-refractivity contribution in [3.8, 4) is 0 Å². The van der Waals surface area contributed by atoms with Crippen LogP contribution >= 0.6 is 11.6 Å². The van der Waals surface area contributed by atoms with Gasteiger partial charge in [0.2, 0.25) is 5.91 Å². The van der Waals surface area contributed by atoms with Crippen molar-refractivity contribution in [2.75, 3.05) is 13.1 Å². The lowest BCUT2D eigenvalue weighted by molar-refractivity contribution is -0.144. The van der Waals surface area contributed by atoms with Crippen molar-refractivity contribution in [3.63, 3.8) is 0 Å². The molecule has 1 saturated heterocycles. The molecule has 5 heteroatoms. The highest BCUT2D eigenvalue weighted by Crippen LogP contribution is 2.17. The maximum atomic E-state index is 12.0. The fourth-order valence-electron chi connectivity index (χ4n) is 2.23. The van der Waals surface area contributed by atoms with Gasteiger partial charge in [0, 0.05) is 24.2 Å². The third-order valence-corrected chi connectivity index (χ3v) is 3.62. The second-order valence-corrected chi connectivity index (χ2v) is 5.28. The number of likely N-dealkylation sites (tertiary alicyclic amines) is 1. The molecule has 1 heterocycles. The minimum atomic E-state index is -0.829. The molecule has 1 aromatic rings. The quantitative estimate of drug-likeness (QED) is 0.872. The van der Waals surface area contributed by atoms with E-state index < -0.39 is 11.9 Å². The summed E-state index contributed by atoms with van der Waals surface area (Å²) in [6.45, 7) is 0.909. The van der Waals surface area contributed by atoms with Crippen molar-refractivity contribution in [3.05, 3.63) is 40.9 Å². The molecule has 0 radical (unpaired) electrons. The smallest absolute Gasteiger partial charge is 0.308 e. The van der Waals surface area contributed by atoms with Crippen molar-refractivity contribution in [2.45, 2.75) is 12.8 Å². The zero-order valence-corrected chi connectivity index (χ0v) is 11.7. The van der Waals surface area contributed by atoms with Gasteiger partial charge < -0.3 is 10.0 Å². The number of amides is 1. The number of carboxylic acids is 1. The molecular formula is C15H16ClNO3. The van der Waals surface area contributed by atoms with Gasteiger partial charge in [0.15, 0.2) is 0 Å². The lowest BCUT2D eigenvalue weighted by atomic mass is 9.98. The van der Waals surface area contributed by atoms with Gasteiger partial charge >= 0.3 is 5.97 Å². The molecular weight excluding hydrogens is 278 g/mol. The van der Waals surface area contributed by atoms with E-state index in [1.54, 1.807) is 23.1 Å². The molecule has 2 rings (SSSR count). The SMILES string of the molecule is O=C(O)C1CCCN(C(=O)C=Cc2ccc(Cl)cc2)C1. The largest absolute Gasteiger partial charge is 0.481 e. The van der Waals surface area contributed by atoms with E-state index in [1.807, 2.05) is 12.1 Å². The predicted octanol–water partition coefficient (Wildman–Crippen LogP) is 2.68. The van der Waals surface area contributed by atoms with Gasteiger partial charge in [0.1, 0.15) is 0 Å². The Morgan fingerprint density at radius 2 is 2.00 bits per heavy atom. The second kappa shape index (κ2) is 6.57. The number of halogens is 1. The van der Waals surface area contributed by atoms with E-state index in [9.17, 15) is 9.59 Å². The third-order valence-electron chi connectivity index (χ3n) is 3.37. The van der Waals surface area contributed by atoms with Crippen LogP contribution in [0.4, 0.5) is 0 Å². The monoisotopic (exact) mass is 293 g/mol. The van der Waals surface area contributed by atoms with Gasteiger partial charge in [-0.3, -0.25) is 9.59 Å². The van der Waals surface area contributed by atoms with Crippen molar-refractivity contribution in [1.82, 2.24) is 4.90 Å². The molecule has 0 bridgehead atoms. The van der Waals surface area contributed by atoms with Crippen LogP contribution in [0.2, 0.25) is 5.02 Å². The normalized spacial score (nSPS) is 19.2. The summed E-state index contributed by atoms with van der Waals surface area (Å²) in [4.78, 5) is 24.6. The van der Waals surface area contributed by atoms with E-state index in [4.69, 9.17) is 16.7 Å². The van der Waals surface area contributed by atoms with Crippen LogP contribution in [0.1, 0.15) is 18.4 Å². The standard InChI is InChI=1S/C15H16ClNO3/c16-13-6-3-11(4-7-13)5-8-14(18)17-9-1-2-12(10-17)15(19)20/h3-8,12H,1-2,9-10H2,(H,19,20). The molecule has 0 aromatic heterocycles. The molecule has 1 N–H and O–H groups in total. The summed E-state index contributed by atoms with van der Waals surface area (Å²) in [6.07, 6.45) is 4.56. The predicted molar refractivity (Wildman–Crippen MR) is 77.4 cm³/mol. The van der Waals surface area contributed by atoms with Crippen molar-refractivity contribution in [2.24, 2.45) is 5.92 Å². The van der Waals surface area contributed by atoms with Gasteiger partial charge in [0.25, 0.3) is 0 Å². The molecule has 1 fully saturated rings. The average Bonchev–Trinajstić information content (AvgIpc) is 2.46. The Morgan fingerprint density at radius 1 is 1.30 bits per heavy atom. The number of aliphatic carboxylic acids is 1. The number of rotatable bonds is 3. The van der Waals surface area contributed by atoms with E-state index in [0.717, 1.165) is 12.0 Å². The summed E-state index contributed by atoms with van der Waals surface area (Å²) in [5.74, 6) is -1.42. The van der Waals surface area contributed by atoms with Crippen LogP contribution in [-0.2, 0) is 9.59 Å². The summed E-state index contributed by atoms with van der Waals surface area (Å²) < 4.78 is 0. The van der Waals surface area contributed by atoms with E-state index >= 15 is 0 Å². The first-order valence-corrected chi connectivity index (χ1v) is 6.89. The minimum Gasteiger partial charge on any atom is -0.481 e. The molecule has 20 heavy (non-hydrogen) atoms. The Bertz CT molecular complexity index is 524. The fraction of sp³-hybridized carbons (Fsp3) is 0.333. The van der Waals surface area contributed by atoms with Crippen molar-refractivity contribution in [1.29, 1.82) is 0 Å². The highest BCUT2D eigenvalue weighted by Gasteiger charge is 2.26. The molecule has 0 aliphatic carbocycles. The van der Waals surface area contributed by atoms with Crippen LogP contribution in [0.15, 0.2) is 30.3 Å². The number of nitrogens with zero attached hydrogens (tertiary/aromatic N) is 1. The molecule has 1 amide bonds. The van der Waals surface area contributed by atoms with E-state index in [1.165, 1.54) is 6.08 Å². The number of carbonyl (C=O) groups is 2. The number of hydrogen-bond donors (Lipinski definition) is 1. The van der Waals surface area contributed by atoms with Gasteiger partial charge in [0.05, 0.1) is 5.92 Å². The molecule has 0 saturated carbocycles. The van der Waals surface area contributed by atoms with Crippen LogP contribution in [0.3, 0.4) is 0 Å². The summed E-state index contributed by atoms with van der Waals surface area (Å²) in [5.41, 5.74) is 0.884. The first-order valence-electron chi connectivity index (χ1n) is 6.51. The summed E-state index contributed by atoms with van der Waals surface area (Å²) in [6, 6.07) is 7.16. The molecule has 1 aromatic carbocycles. The maximum Gasteiger partial charge on any atom is 0.308 e. The van der Waals surface area contributed by atoms with Crippen molar-refractivity contribution < 1.29 is 14.7 Å². The van der Waals surface area contributed by atoms with E-state index in [0.29, 0.717) is 24.5 Å². The van der Waals surface area contributed by atoms with Gasteiger partial charge in [-0.15, -0.1) is 0 Å². The van der Waals surface area contributed by atoms with E-state index in [2.05, 4.69) is 0 Å². The second-order valence-electron chi connectivity index (χ2n) is 4.85. The molecule has 1 atom stereocenters. The lowest BCUT2D eigenvalue weighted by Crippen LogP contribution is -2.41.